The molecule has 1 fully saturated rings. The molecule has 0 radical (unpaired) electrons. The number of aromatic nitrogens is 2. The quantitative estimate of drug-likeness (QED) is 0.874. The molecule has 2 aromatic rings. The van der Waals surface area contributed by atoms with Crippen LogP contribution in [-0.2, 0) is 6.61 Å². The van der Waals surface area contributed by atoms with Crippen LogP contribution in [0.1, 0.15) is 53.8 Å². The largest absolute Gasteiger partial charge is 0.484 e. The summed E-state index contributed by atoms with van der Waals surface area (Å²) in [4.78, 5) is 15.4. The number of nitrogens with one attached hydrogen (secondary N) is 1. The Kier molecular flexibility index (Phi) is 4.87. The lowest BCUT2D eigenvalue weighted by Crippen LogP contribution is -2.21. The first kappa shape index (κ1) is 15.5. The highest BCUT2D eigenvalue weighted by Gasteiger charge is 2.19. The molecule has 1 saturated heterocycles. The minimum Gasteiger partial charge on any atom is -0.484 e. The molecule has 7 heteroatoms. The number of hydrogen-bond acceptors (Lipinski definition) is 6. The maximum absolute atomic E-state index is 11.0. The van der Waals surface area contributed by atoms with Gasteiger partial charge in [0, 0.05) is 5.56 Å². The van der Waals surface area contributed by atoms with Crippen LogP contribution >= 0.6 is 0 Å². The highest BCUT2D eigenvalue weighted by molar-refractivity contribution is 5.92. The van der Waals surface area contributed by atoms with Gasteiger partial charge in [0.1, 0.15) is 5.75 Å². The normalized spacial score (nSPS) is 18.3. The molecular formula is C16H20N4O3. The summed E-state index contributed by atoms with van der Waals surface area (Å²) in [6, 6.07) is 6.76. The van der Waals surface area contributed by atoms with Crippen molar-refractivity contribution in [1.29, 1.82) is 0 Å². The Hall–Kier alpha value is -2.41. The molecule has 0 saturated carbocycles. The second-order valence-corrected chi connectivity index (χ2v) is 5.58. The summed E-state index contributed by atoms with van der Waals surface area (Å²) >= 11 is 0. The van der Waals surface area contributed by atoms with Gasteiger partial charge in [0.15, 0.2) is 12.4 Å². The zero-order valence-electron chi connectivity index (χ0n) is 12.8. The molecule has 1 aromatic heterocycles. The van der Waals surface area contributed by atoms with E-state index in [4.69, 9.17) is 15.0 Å². The molecule has 0 bridgehead atoms. The monoisotopic (exact) mass is 316 g/mol. The smallest absolute Gasteiger partial charge is 0.264 e. The third kappa shape index (κ3) is 4.07. The maximum atomic E-state index is 11.0. The zero-order valence-corrected chi connectivity index (χ0v) is 12.8. The summed E-state index contributed by atoms with van der Waals surface area (Å²) in [6.07, 6.45) is 4.61. The van der Waals surface area contributed by atoms with Gasteiger partial charge in [-0.25, -0.2) is 0 Å². The van der Waals surface area contributed by atoms with E-state index < -0.39 is 5.91 Å². The van der Waals surface area contributed by atoms with Gasteiger partial charge in [-0.2, -0.15) is 4.98 Å². The summed E-state index contributed by atoms with van der Waals surface area (Å²) in [7, 11) is 0. The molecule has 7 nitrogen and oxygen atoms in total. The van der Waals surface area contributed by atoms with E-state index in [-0.39, 0.29) is 12.6 Å². The molecule has 1 amide bonds. The summed E-state index contributed by atoms with van der Waals surface area (Å²) < 4.78 is 10.8. The number of benzene rings is 1. The van der Waals surface area contributed by atoms with E-state index in [1.165, 1.54) is 19.3 Å². The van der Waals surface area contributed by atoms with E-state index in [0.29, 0.717) is 23.0 Å². The van der Waals surface area contributed by atoms with Crippen LogP contribution in [0.3, 0.4) is 0 Å². The number of ether oxygens (including phenoxy) is 1. The van der Waals surface area contributed by atoms with E-state index in [1.807, 2.05) is 0 Å². The van der Waals surface area contributed by atoms with Crippen LogP contribution < -0.4 is 15.8 Å². The van der Waals surface area contributed by atoms with Crippen molar-refractivity contribution in [2.45, 2.75) is 38.3 Å². The van der Waals surface area contributed by atoms with Crippen molar-refractivity contribution in [1.82, 2.24) is 15.5 Å². The van der Waals surface area contributed by atoms with E-state index in [9.17, 15) is 4.79 Å². The van der Waals surface area contributed by atoms with Gasteiger partial charge in [0.2, 0.25) is 5.91 Å². The second kappa shape index (κ2) is 7.23. The van der Waals surface area contributed by atoms with E-state index in [2.05, 4.69) is 15.5 Å². The van der Waals surface area contributed by atoms with Gasteiger partial charge in [0.05, 0.1) is 6.04 Å². The Bertz CT molecular complexity index is 646. The number of nitrogens with two attached hydrogens (primary N) is 1. The van der Waals surface area contributed by atoms with Crippen LogP contribution in [0.15, 0.2) is 28.8 Å². The summed E-state index contributed by atoms with van der Waals surface area (Å²) in [5, 5.41) is 7.47. The first-order chi connectivity index (χ1) is 11.2. The van der Waals surface area contributed by atoms with E-state index >= 15 is 0 Å². The van der Waals surface area contributed by atoms with Crippen molar-refractivity contribution < 1.29 is 14.1 Å². The minimum absolute atomic E-state index is 0.157. The lowest BCUT2D eigenvalue weighted by atomic mass is 10.1. The SMILES string of the molecule is NC(=O)c1ccc(OCc2nc(C3CCCCCN3)no2)cc1. The molecular weight excluding hydrogens is 296 g/mol. The third-order valence-electron chi connectivity index (χ3n) is 3.86. The predicted molar refractivity (Wildman–Crippen MR) is 82.8 cm³/mol. The van der Waals surface area contributed by atoms with Crippen molar-refractivity contribution >= 4 is 5.91 Å². The predicted octanol–water partition coefficient (Wildman–Crippen LogP) is 1.95. The molecule has 3 rings (SSSR count). The minimum atomic E-state index is -0.464. The van der Waals surface area contributed by atoms with Crippen LogP contribution in [0.25, 0.3) is 0 Å². The van der Waals surface area contributed by atoms with Gasteiger partial charge in [-0.15, -0.1) is 0 Å². The van der Waals surface area contributed by atoms with Crippen molar-refractivity contribution in [3.63, 3.8) is 0 Å². The number of carbonyl (C=O) groups excluding carboxylic acids is 1. The van der Waals surface area contributed by atoms with Crippen molar-refractivity contribution in [2.75, 3.05) is 6.54 Å². The Labute approximate surface area is 134 Å². The molecule has 0 spiro atoms. The van der Waals surface area contributed by atoms with Gasteiger partial charge in [0.25, 0.3) is 5.89 Å². The van der Waals surface area contributed by atoms with E-state index in [0.717, 1.165) is 13.0 Å². The molecule has 23 heavy (non-hydrogen) atoms. The molecule has 3 N–H and O–H groups in total. The third-order valence-corrected chi connectivity index (χ3v) is 3.86. The van der Waals surface area contributed by atoms with Crippen LogP contribution in [-0.4, -0.2) is 22.6 Å². The first-order valence-electron chi connectivity index (χ1n) is 7.81. The highest BCUT2D eigenvalue weighted by atomic mass is 16.5. The lowest BCUT2D eigenvalue weighted by Gasteiger charge is -2.09. The summed E-state index contributed by atoms with van der Waals surface area (Å²) in [5.74, 6) is 1.27. The Morgan fingerprint density at radius 3 is 2.91 bits per heavy atom. The van der Waals surface area contributed by atoms with Gasteiger partial charge >= 0.3 is 0 Å². The van der Waals surface area contributed by atoms with Crippen LogP contribution in [0.5, 0.6) is 5.75 Å². The molecule has 2 heterocycles. The van der Waals surface area contributed by atoms with Gasteiger partial charge < -0.3 is 20.3 Å². The summed E-state index contributed by atoms with van der Waals surface area (Å²) in [5.41, 5.74) is 5.64. The average Bonchev–Trinajstić information content (AvgIpc) is 2.87. The van der Waals surface area contributed by atoms with Crippen LogP contribution in [0.4, 0.5) is 0 Å². The van der Waals surface area contributed by atoms with Gasteiger partial charge in [-0.1, -0.05) is 18.0 Å². The standard InChI is InChI=1S/C16H20N4O3/c17-15(21)11-5-7-12(8-6-11)22-10-14-19-16(20-23-14)13-4-2-1-3-9-18-13/h5-8,13,18H,1-4,9-10H2,(H2,17,21). The van der Waals surface area contributed by atoms with Crippen LogP contribution in [0.2, 0.25) is 0 Å². The van der Waals surface area contributed by atoms with Crippen molar-refractivity contribution in [3.8, 4) is 5.75 Å². The first-order valence-corrected chi connectivity index (χ1v) is 7.81. The molecule has 1 aliphatic rings. The highest BCUT2D eigenvalue weighted by Crippen LogP contribution is 2.21. The van der Waals surface area contributed by atoms with Crippen LogP contribution in [0, 0.1) is 0 Å². The number of nitrogens with zero attached hydrogens (tertiary/aromatic N) is 2. The van der Waals surface area contributed by atoms with E-state index in [1.54, 1.807) is 24.3 Å². The Balaban J connectivity index is 1.57. The molecule has 122 valence electrons. The number of primary amides is 1. The maximum Gasteiger partial charge on any atom is 0.264 e. The van der Waals surface area contributed by atoms with Crippen molar-refractivity contribution in [3.05, 3.63) is 41.5 Å². The fraction of sp³-hybridized carbons (Fsp3) is 0.438. The number of amides is 1. The molecule has 1 unspecified atom stereocenters. The lowest BCUT2D eigenvalue weighted by molar-refractivity contribution is 0.1000. The number of hydrogen-bond donors (Lipinski definition) is 2. The average molecular weight is 316 g/mol. The number of rotatable bonds is 5. The fourth-order valence-electron chi connectivity index (χ4n) is 2.58. The zero-order chi connectivity index (χ0) is 16.1. The Morgan fingerprint density at radius 2 is 2.13 bits per heavy atom. The second-order valence-electron chi connectivity index (χ2n) is 5.58. The number of carbonyl (C=O) groups is 1. The van der Waals surface area contributed by atoms with Crippen molar-refractivity contribution in [2.24, 2.45) is 5.73 Å². The topological polar surface area (TPSA) is 103 Å². The summed E-state index contributed by atoms with van der Waals surface area (Å²) in [6.45, 7) is 1.17. The fourth-order valence-corrected chi connectivity index (χ4v) is 2.58. The molecule has 1 atom stereocenters. The Morgan fingerprint density at radius 1 is 1.30 bits per heavy atom. The molecule has 1 aliphatic heterocycles. The molecule has 1 aromatic carbocycles. The van der Waals surface area contributed by atoms with Gasteiger partial charge in [-0.3, -0.25) is 4.79 Å². The van der Waals surface area contributed by atoms with Gasteiger partial charge in [-0.05, 0) is 43.7 Å². The molecule has 0 aliphatic carbocycles.